The lowest BCUT2D eigenvalue weighted by Crippen LogP contribution is -2.39. The zero-order valence-corrected chi connectivity index (χ0v) is 16.1. The van der Waals surface area contributed by atoms with Crippen LogP contribution in [0.1, 0.15) is 30.9 Å². The van der Waals surface area contributed by atoms with Crippen molar-refractivity contribution in [2.45, 2.75) is 44.9 Å². The molecule has 1 saturated carbocycles. The normalized spacial score (nSPS) is 18.7. The van der Waals surface area contributed by atoms with E-state index in [0.29, 0.717) is 24.0 Å². The molecule has 2 aliphatic rings. The third-order valence-electron chi connectivity index (χ3n) is 5.13. The molecule has 1 aliphatic carbocycles. The smallest absolute Gasteiger partial charge is 0.263 e. The Morgan fingerprint density at radius 2 is 1.96 bits per heavy atom. The molecule has 6 heteroatoms. The summed E-state index contributed by atoms with van der Waals surface area (Å²) in [6.07, 6.45) is 1.89. The van der Waals surface area contributed by atoms with Crippen LogP contribution in [0.15, 0.2) is 42.5 Å². The van der Waals surface area contributed by atoms with Crippen molar-refractivity contribution < 1.29 is 19.1 Å². The fraction of sp³-hybridized carbons (Fsp3) is 0.364. The van der Waals surface area contributed by atoms with Crippen molar-refractivity contribution in [1.82, 2.24) is 4.90 Å². The highest BCUT2D eigenvalue weighted by atomic mass is 16.5. The van der Waals surface area contributed by atoms with E-state index < -0.39 is 6.10 Å². The molecule has 1 atom stereocenters. The Kier molecular flexibility index (Phi) is 4.94. The predicted molar refractivity (Wildman–Crippen MR) is 105 cm³/mol. The first-order valence-corrected chi connectivity index (χ1v) is 9.56. The van der Waals surface area contributed by atoms with E-state index in [-0.39, 0.29) is 18.2 Å². The van der Waals surface area contributed by atoms with E-state index in [0.717, 1.165) is 29.7 Å². The van der Waals surface area contributed by atoms with E-state index in [1.54, 1.807) is 14.0 Å². The Labute approximate surface area is 164 Å². The van der Waals surface area contributed by atoms with Gasteiger partial charge in [0.05, 0.1) is 13.5 Å². The number of carbonyl (C=O) groups excluding carboxylic acids is 2. The number of hydrogen-bond acceptors (Lipinski definition) is 4. The van der Waals surface area contributed by atoms with E-state index in [9.17, 15) is 9.59 Å². The number of hydrogen-bond donors (Lipinski definition) is 1. The molecule has 28 heavy (non-hydrogen) atoms. The van der Waals surface area contributed by atoms with Gasteiger partial charge in [0.2, 0.25) is 5.91 Å². The zero-order chi connectivity index (χ0) is 19.7. The first-order valence-electron chi connectivity index (χ1n) is 9.56. The summed E-state index contributed by atoms with van der Waals surface area (Å²) in [6.45, 7) is 2.31. The molecule has 6 nitrogen and oxygen atoms in total. The average Bonchev–Trinajstić information content (AvgIpc) is 3.53. The number of benzene rings is 2. The molecule has 0 aromatic heterocycles. The molecule has 2 aromatic rings. The molecule has 1 aliphatic heterocycles. The molecule has 0 spiro atoms. The van der Waals surface area contributed by atoms with Gasteiger partial charge in [0, 0.05) is 23.8 Å². The first kappa shape index (κ1) is 18.3. The number of amides is 2. The van der Waals surface area contributed by atoms with Crippen LogP contribution in [0.2, 0.25) is 0 Å². The van der Waals surface area contributed by atoms with E-state index in [4.69, 9.17) is 9.47 Å². The number of fused-ring (bicyclic) bond motifs is 1. The summed E-state index contributed by atoms with van der Waals surface area (Å²) in [6, 6.07) is 13.3. The molecule has 1 N–H and O–H groups in total. The van der Waals surface area contributed by atoms with Crippen LogP contribution in [0.3, 0.4) is 0 Å². The Bertz CT molecular complexity index is 890. The molecular formula is C22H24N2O4. The van der Waals surface area contributed by atoms with E-state index >= 15 is 0 Å². The lowest BCUT2D eigenvalue weighted by atomic mass is 10.1. The van der Waals surface area contributed by atoms with Gasteiger partial charge in [-0.15, -0.1) is 0 Å². The minimum Gasteiger partial charge on any atom is -0.497 e. The van der Waals surface area contributed by atoms with Crippen LogP contribution < -0.4 is 14.8 Å². The number of carbonyl (C=O) groups is 2. The number of ether oxygens (including phenoxy) is 2. The van der Waals surface area contributed by atoms with Gasteiger partial charge >= 0.3 is 0 Å². The Morgan fingerprint density at radius 3 is 2.64 bits per heavy atom. The van der Waals surface area contributed by atoms with Crippen LogP contribution in [0.5, 0.6) is 11.5 Å². The first-order chi connectivity index (χ1) is 13.5. The van der Waals surface area contributed by atoms with Gasteiger partial charge in [-0.05, 0) is 55.7 Å². The van der Waals surface area contributed by atoms with Crippen LogP contribution in [0.4, 0.5) is 5.69 Å². The van der Waals surface area contributed by atoms with Gasteiger partial charge in [-0.2, -0.15) is 0 Å². The summed E-state index contributed by atoms with van der Waals surface area (Å²) < 4.78 is 11.0. The Balaban J connectivity index is 1.46. The van der Waals surface area contributed by atoms with Crippen molar-refractivity contribution in [2.75, 3.05) is 12.4 Å². The summed E-state index contributed by atoms with van der Waals surface area (Å²) in [5, 5.41) is 2.94. The molecular weight excluding hydrogens is 356 g/mol. The summed E-state index contributed by atoms with van der Waals surface area (Å²) in [5.74, 6) is 1.41. The largest absolute Gasteiger partial charge is 0.497 e. The zero-order valence-electron chi connectivity index (χ0n) is 16.1. The Hall–Kier alpha value is -3.02. The number of methoxy groups -OCH3 is 1. The highest BCUT2D eigenvalue weighted by Gasteiger charge is 2.37. The summed E-state index contributed by atoms with van der Waals surface area (Å²) in [5.41, 5.74) is 2.54. The van der Waals surface area contributed by atoms with Gasteiger partial charge in [-0.25, -0.2) is 0 Å². The fourth-order valence-electron chi connectivity index (χ4n) is 3.46. The van der Waals surface area contributed by atoms with Gasteiger partial charge in [-0.1, -0.05) is 12.1 Å². The second kappa shape index (κ2) is 7.54. The molecule has 0 saturated heterocycles. The maximum absolute atomic E-state index is 12.5. The quantitative estimate of drug-likeness (QED) is 0.865. The van der Waals surface area contributed by atoms with Crippen LogP contribution in [-0.4, -0.2) is 36.0 Å². The Morgan fingerprint density at radius 1 is 1.21 bits per heavy atom. The van der Waals surface area contributed by atoms with Crippen LogP contribution >= 0.6 is 0 Å². The third-order valence-corrected chi connectivity index (χ3v) is 5.13. The number of anilines is 1. The van der Waals surface area contributed by atoms with Gasteiger partial charge in [-0.3, -0.25) is 9.59 Å². The summed E-state index contributed by atoms with van der Waals surface area (Å²) >= 11 is 0. The highest BCUT2D eigenvalue weighted by molar-refractivity contribution is 5.92. The molecule has 2 aromatic carbocycles. The molecule has 0 bridgehead atoms. The minimum absolute atomic E-state index is 0.0313. The predicted octanol–water partition coefficient (Wildman–Crippen LogP) is 3.15. The maximum atomic E-state index is 12.5. The van der Waals surface area contributed by atoms with Gasteiger partial charge < -0.3 is 19.7 Å². The van der Waals surface area contributed by atoms with Crippen molar-refractivity contribution in [3.63, 3.8) is 0 Å². The second-order valence-electron chi connectivity index (χ2n) is 7.35. The highest BCUT2D eigenvalue weighted by Crippen LogP contribution is 2.35. The SMILES string of the molecule is COc1ccc(CC(=O)Nc2ccc3c(c2)CN(C2CC2)C(=O)C(C)O3)cc1. The van der Waals surface area contributed by atoms with E-state index in [1.807, 2.05) is 47.4 Å². The van der Waals surface area contributed by atoms with Gasteiger partial charge in [0.25, 0.3) is 5.91 Å². The minimum atomic E-state index is -0.489. The molecule has 146 valence electrons. The monoisotopic (exact) mass is 380 g/mol. The number of rotatable bonds is 5. The van der Waals surface area contributed by atoms with Gasteiger partial charge in [0.1, 0.15) is 11.5 Å². The van der Waals surface area contributed by atoms with Crippen molar-refractivity contribution >= 4 is 17.5 Å². The standard InChI is InChI=1S/C22H24N2O4/c1-14-22(26)24(18-6-7-18)13-16-12-17(5-10-20(16)28-14)23-21(25)11-15-3-8-19(27-2)9-4-15/h3-5,8-10,12,14,18H,6-7,11,13H2,1-2H3,(H,23,25). The summed E-state index contributed by atoms with van der Waals surface area (Å²) in [7, 11) is 1.61. The second-order valence-corrected chi connectivity index (χ2v) is 7.35. The molecule has 1 fully saturated rings. The lowest BCUT2D eigenvalue weighted by molar-refractivity contribution is -0.138. The lowest BCUT2D eigenvalue weighted by Gasteiger charge is -2.21. The average molecular weight is 380 g/mol. The topological polar surface area (TPSA) is 67.9 Å². The number of nitrogens with one attached hydrogen (secondary N) is 1. The maximum Gasteiger partial charge on any atom is 0.263 e. The van der Waals surface area contributed by atoms with Crippen molar-refractivity contribution in [3.8, 4) is 11.5 Å². The fourth-order valence-corrected chi connectivity index (χ4v) is 3.46. The molecule has 0 radical (unpaired) electrons. The van der Waals surface area contributed by atoms with Gasteiger partial charge in [0.15, 0.2) is 6.10 Å². The van der Waals surface area contributed by atoms with Crippen LogP contribution in [0.25, 0.3) is 0 Å². The van der Waals surface area contributed by atoms with E-state index in [2.05, 4.69) is 5.32 Å². The molecule has 2 amide bonds. The molecule has 1 unspecified atom stereocenters. The van der Waals surface area contributed by atoms with Crippen molar-refractivity contribution in [3.05, 3.63) is 53.6 Å². The van der Waals surface area contributed by atoms with E-state index in [1.165, 1.54) is 0 Å². The summed E-state index contributed by atoms with van der Waals surface area (Å²) in [4.78, 5) is 26.9. The van der Waals surface area contributed by atoms with Crippen LogP contribution in [0, 0.1) is 0 Å². The van der Waals surface area contributed by atoms with Crippen molar-refractivity contribution in [1.29, 1.82) is 0 Å². The van der Waals surface area contributed by atoms with Crippen molar-refractivity contribution in [2.24, 2.45) is 0 Å². The third kappa shape index (κ3) is 3.96. The van der Waals surface area contributed by atoms with Crippen LogP contribution in [-0.2, 0) is 22.6 Å². The number of nitrogens with zero attached hydrogens (tertiary/aromatic N) is 1. The molecule has 1 heterocycles. The molecule has 4 rings (SSSR count).